The van der Waals surface area contributed by atoms with Crippen molar-refractivity contribution in [3.05, 3.63) is 13.0 Å². The van der Waals surface area contributed by atoms with Crippen molar-refractivity contribution in [3.8, 4) is 0 Å². The molecule has 2 saturated heterocycles. The fourth-order valence-electron chi connectivity index (χ4n) is 3.04. The number of halogens is 2. The number of ketones is 1. The van der Waals surface area contributed by atoms with Gasteiger partial charge in [-0.15, -0.1) is 0 Å². The van der Waals surface area contributed by atoms with Gasteiger partial charge in [-0.25, -0.2) is 0 Å². The summed E-state index contributed by atoms with van der Waals surface area (Å²) in [4.78, 5) is 12.7. The number of alkyl halides is 2. The molecule has 0 spiro atoms. The Labute approximate surface area is 133 Å². The molecule has 3 rings (SSSR count). The Kier molecular flexibility index (Phi) is 5.17. The summed E-state index contributed by atoms with van der Waals surface area (Å²) in [6.07, 6.45) is 3.67. The predicted octanol–water partition coefficient (Wildman–Crippen LogP) is 4.17. The lowest BCUT2D eigenvalue weighted by Gasteiger charge is -2.50. The third kappa shape index (κ3) is 2.96. The topological polar surface area (TPSA) is 26.3 Å². The third-order valence-electron chi connectivity index (χ3n) is 4.66. The Morgan fingerprint density at radius 2 is 1.95 bits per heavy atom. The molecule has 2 aliphatic heterocycles. The maximum Gasteiger partial charge on any atom is 0.173 e. The minimum absolute atomic E-state index is 0.163. The molecule has 2 heterocycles. The molecule has 3 aliphatic rings. The van der Waals surface area contributed by atoms with E-state index in [2.05, 4.69) is 38.8 Å². The highest BCUT2D eigenvalue weighted by Crippen LogP contribution is 2.51. The monoisotopic (exact) mass is 392 g/mol. The first kappa shape index (κ1) is 16.0. The van der Waals surface area contributed by atoms with E-state index in [0.717, 1.165) is 29.6 Å². The van der Waals surface area contributed by atoms with Crippen LogP contribution in [0.2, 0.25) is 0 Å². The highest BCUT2D eigenvalue weighted by Gasteiger charge is 2.52. The van der Waals surface area contributed by atoms with Crippen molar-refractivity contribution in [3.63, 3.8) is 0 Å². The van der Waals surface area contributed by atoms with Gasteiger partial charge in [0.2, 0.25) is 0 Å². The van der Waals surface area contributed by atoms with Gasteiger partial charge < -0.3 is 4.74 Å². The van der Waals surface area contributed by atoms with Gasteiger partial charge in [-0.05, 0) is 31.1 Å². The number of hydrogen-bond donors (Lipinski definition) is 0. The van der Waals surface area contributed by atoms with E-state index in [9.17, 15) is 4.79 Å². The van der Waals surface area contributed by atoms with Crippen molar-refractivity contribution >= 4 is 37.6 Å². The lowest BCUT2D eigenvalue weighted by Crippen LogP contribution is -2.52. The second kappa shape index (κ2) is 6.15. The van der Waals surface area contributed by atoms with Crippen LogP contribution in [-0.4, -0.2) is 22.5 Å². The Morgan fingerprint density at radius 1 is 1.32 bits per heavy atom. The molecule has 2 bridgehead atoms. The summed E-state index contributed by atoms with van der Waals surface area (Å²) >= 11 is 7.16. The standard InChI is InChI=1S/C15H22Br2O2/c1-4-15(2,3)14(18)13-11-5-10(8-17)12(19-13)6-9(11)7-16/h9-12H,1,4-8H2,2-3H3. The average Bonchev–Trinajstić information content (AvgIpc) is 2.45. The number of fused-ring (bicyclic) bond motifs is 3. The lowest BCUT2D eigenvalue weighted by atomic mass is 9.65. The van der Waals surface area contributed by atoms with Crippen molar-refractivity contribution in [1.82, 2.24) is 0 Å². The Balaban J connectivity index is 2.18. The molecule has 2 nitrogen and oxygen atoms in total. The first-order valence-electron chi connectivity index (χ1n) is 6.94. The summed E-state index contributed by atoms with van der Waals surface area (Å²) in [5, 5.41) is 1.91. The maximum absolute atomic E-state index is 12.7. The van der Waals surface area contributed by atoms with Crippen molar-refractivity contribution in [2.75, 3.05) is 10.7 Å². The molecule has 0 amide bonds. The van der Waals surface area contributed by atoms with Gasteiger partial charge in [0.05, 0.1) is 6.10 Å². The molecule has 0 aromatic rings. The minimum Gasteiger partial charge on any atom is -0.360 e. The van der Waals surface area contributed by atoms with Crippen LogP contribution in [0, 0.1) is 36.2 Å². The van der Waals surface area contributed by atoms with Crippen molar-refractivity contribution in [1.29, 1.82) is 0 Å². The highest BCUT2D eigenvalue weighted by atomic mass is 79.9. The first-order chi connectivity index (χ1) is 8.94. The van der Waals surface area contributed by atoms with Gasteiger partial charge in [0.25, 0.3) is 0 Å². The first-order valence-corrected chi connectivity index (χ1v) is 9.18. The normalized spacial score (nSPS) is 35.6. The van der Waals surface area contributed by atoms with E-state index in [1.807, 2.05) is 13.8 Å². The zero-order valence-corrected chi connectivity index (χ0v) is 14.8. The summed E-state index contributed by atoms with van der Waals surface area (Å²) in [7, 11) is 0. The average molecular weight is 394 g/mol. The SMILES string of the molecule is [CH2]CC(C)(C)C(=O)[C]1OC2CC(CBr)C1CC2CBr. The fourth-order valence-corrected chi connectivity index (χ4v) is 4.44. The van der Waals surface area contributed by atoms with Crippen LogP contribution in [0.15, 0.2) is 0 Å². The van der Waals surface area contributed by atoms with E-state index in [1.54, 1.807) is 0 Å². The second-order valence-corrected chi connectivity index (χ2v) is 7.69. The molecule has 1 aliphatic carbocycles. The van der Waals surface area contributed by atoms with Crippen LogP contribution < -0.4 is 0 Å². The minimum atomic E-state index is -0.409. The van der Waals surface area contributed by atoms with E-state index in [-0.39, 0.29) is 17.8 Å². The third-order valence-corrected chi connectivity index (χ3v) is 6.32. The summed E-state index contributed by atoms with van der Waals surface area (Å²) in [6.45, 7) is 7.83. The van der Waals surface area contributed by atoms with Crippen LogP contribution in [0.5, 0.6) is 0 Å². The molecule has 0 N–H and O–H groups in total. The summed E-state index contributed by atoms with van der Waals surface area (Å²) < 4.78 is 6.06. The van der Waals surface area contributed by atoms with E-state index < -0.39 is 5.41 Å². The Morgan fingerprint density at radius 3 is 2.42 bits per heavy atom. The summed E-state index contributed by atoms with van der Waals surface area (Å²) in [6, 6.07) is 0. The zero-order valence-electron chi connectivity index (χ0n) is 11.6. The van der Waals surface area contributed by atoms with Gasteiger partial charge in [0, 0.05) is 22.0 Å². The molecule has 0 aromatic heterocycles. The fraction of sp³-hybridized carbons (Fsp3) is 0.800. The maximum atomic E-state index is 12.7. The molecule has 2 radical (unpaired) electrons. The molecule has 19 heavy (non-hydrogen) atoms. The van der Waals surface area contributed by atoms with Crippen LogP contribution in [0.25, 0.3) is 0 Å². The zero-order chi connectivity index (χ0) is 14.2. The summed E-state index contributed by atoms with van der Waals surface area (Å²) in [5.74, 6) is 1.52. The van der Waals surface area contributed by atoms with E-state index >= 15 is 0 Å². The van der Waals surface area contributed by atoms with Crippen molar-refractivity contribution in [2.24, 2.45) is 23.2 Å². The number of hydrogen-bond acceptors (Lipinski definition) is 2. The summed E-state index contributed by atoms with van der Waals surface area (Å²) in [5.41, 5.74) is -0.409. The molecule has 1 saturated carbocycles. The molecule has 3 fully saturated rings. The molecule has 0 aromatic carbocycles. The number of ether oxygens (including phenoxy) is 1. The quantitative estimate of drug-likeness (QED) is 0.655. The Bertz CT molecular complexity index is 343. The number of carbonyl (C=O) groups excluding carboxylic acids is 1. The molecule has 4 atom stereocenters. The Hall–Kier alpha value is 0.590. The van der Waals surface area contributed by atoms with E-state index in [1.165, 1.54) is 0 Å². The van der Waals surface area contributed by atoms with Crippen LogP contribution in [0.4, 0.5) is 0 Å². The largest absolute Gasteiger partial charge is 0.360 e. The lowest BCUT2D eigenvalue weighted by molar-refractivity contribution is -0.154. The molecule has 4 unspecified atom stereocenters. The van der Waals surface area contributed by atoms with Crippen LogP contribution in [-0.2, 0) is 9.53 Å². The van der Waals surface area contributed by atoms with Gasteiger partial charge in [0.1, 0.15) is 0 Å². The molecule has 108 valence electrons. The van der Waals surface area contributed by atoms with Crippen molar-refractivity contribution in [2.45, 2.75) is 39.2 Å². The number of Topliss-reactive ketones (excluding diaryl/α,β-unsaturated/α-hetero) is 1. The van der Waals surface area contributed by atoms with Crippen LogP contribution in [0.1, 0.15) is 33.1 Å². The molecular formula is C15H22Br2O2. The molecule has 4 heteroatoms. The van der Waals surface area contributed by atoms with Crippen LogP contribution in [0.3, 0.4) is 0 Å². The van der Waals surface area contributed by atoms with E-state index in [0.29, 0.717) is 18.3 Å². The van der Waals surface area contributed by atoms with E-state index in [4.69, 9.17) is 4.74 Å². The second-order valence-electron chi connectivity index (χ2n) is 6.39. The van der Waals surface area contributed by atoms with Crippen molar-refractivity contribution < 1.29 is 9.53 Å². The van der Waals surface area contributed by atoms with Gasteiger partial charge >= 0.3 is 0 Å². The smallest absolute Gasteiger partial charge is 0.173 e. The van der Waals surface area contributed by atoms with Gasteiger partial charge in [-0.2, -0.15) is 0 Å². The number of carbonyl (C=O) groups is 1. The predicted molar refractivity (Wildman–Crippen MR) is 84.2 cm³/mol. The number of rotatable bonds is 5. The van der Waals surface area contributed by atoms with Gasteiger partial charge in [-0.1, -0.05) is 52.6 Å². The van der Waals surface area contributed by atoms with Gasteiger partial charge in [-0.3, -0.25) is 4.79 Å². The van der Waals surface area contributed by atoms with Gasteiger partial charge in [0.15, 0.2) is 11.9 Å². The molecular weight excluding hydrogens is 372 g/mol. The van der Waals surface area contributed by atoms with Crippen LogP contribution >= 0.6 is 31.9 Å². The highest BCUT2D eigenvalue weighted by molar-refractivity contribution is 9.09.